The molecule has 2 aromatic rings. The van der Waals surface area contributed by atoms with Gasteiger partial charge in [-0.05, 0) is 37.5 Å². The summed E-state index contributed by atoms with van der Waals surface area (Å²) in [7, 11) is 0. The fourth-order valence-corrected chi connectivity index (χ4v) is 2.34. The van der Waals surface area contributed by atoms with E-state index in [-0.39, 0.29) is 0 Å². The molecule has 1 nitrogen and oxygen atoms in total. The maximum Gasteiger partial charge on any atom is 0.127 e. The maximum absolute atomic E-state index is 6.00. The largest absolute Gasteiger partial charge is 0.488 e. The predicted molar refractivity (Wildman–Crippen MR) is 81.0 cm³/mol. The summed E-state index contributed by atoms with van der Waals surface area (Å²) in [6, 6.07) is 12.5. The van der Waals surface area contributed by atoms with Gasteiger partial charge in [-0.3, -0.25) is 0 Å². The number of hydrogen-bond acceptors (Lipinski definition) is 1. The molecule has 0 unspecified atom stereocenters. The zero-order valence-corrected chi connectivity index (χ0v) is 12.4. The highest BCUT2D eigenvalue weighted by atomic mass is 35.5. The molecule has 0 N–H and O–H groups in total. The van der Waals surface area contributed by atoms with Gasteiger partial charge < -0.3 is 4.74 Å². The van der Waals surface area contributed by atoms with E-state index in [2.05, 4.69) is 45.0 Å². The smallest absolute Gasteiger partial charge is 0.127 e. The molecule has 0 fully saturated rings. The first kappa shape index (κ1) is 14.0. The molecule has 0 spiro atoms. The van der Waals surface area contributed by atoms with Crippen LogP contribution in [0.3, 0.4) is 0 Å². The molecule has 0 radical (unpaired) electrons. The van der Waals surface area contributed by atoms with Gasteiger partial charge in [-0.2, -0.15) is 0 Å². The Bertz CT molecular complexity index is 575. The minimum atomic E-state index is 0.476. The molecule has 19 heavy (non-hydrogen) atoms. The predicted octanol–water partition coefficient (Wildman–Crippen LogP) is 4.93. The van der Waals surface area contributed by atoms with Crippen molar-refractivity contribution in [1.29, 1.82) is 0 Å². The van der Waals surface area contributed by atoms with Gasteiger partial charge in [0.1, 0.15) is 12.4 Å². The minimum absolute atomic E-state index is 0.476. The third-order valence-electron chi connectivity index (χ3n) is 3.31. The SMILES string of the molecule is Cc1ccc(C)c(COc2c(C)cccc2CCl)c1. The number of benzene rings is 2. The zero-order chi connectivity index (χ0) is 13.8. The first-order valence-electron chi connectivity index (χ1n) is 6.45. The molecule has 100 valence electrons. The molecule has 0 amide bonds. The summed E-state index contributed by atoms with van der Waals surface area (Å²) in [6.45, 7) is 6.84. The summed E-state index contributed by atoms with van der Waals surface area (Å²) in [5, 5.41) is 0. The summed E-state index contributed by atoms with van der Waals surface area (Å²) >= 11 is 5.96. The van der Waals surface area contributed by atoms with Crippen LogP contribution in [0.15, 0.2) is 36.4 Å². The summed E-state index contributed by atoms with van der Waals surface area (Å²) in [5.41, 5.74) is 5.91. The van der Waals surface area contributed by atoms with E-state index < -0.39 is 0 Å². The van der Waals surface area contributed by atoms with Gasteiger partial charge >= 0.3 is 0 Å². The molecule has 0 atom stereocenters. The van der Waals surface area contributed by atoms with E-state index in [9.17, 15) is 0 Å². The number of hydrogen-bond donors (Lipinski definition) is 0. The fraction of sp³-hybridized carbons (Fsp3) is 0.294. The third kappa shape index (κ3) is 3.30. The van der Waals surface area contributed by atoms with E-state index in [1.807, 2.05) is 12.1 Å². The van der Waals surface area contributed by atoms with Crippen molar-refractivity contribution in [3.8, 4) is 5.75 Å². The molecular formula is C17H19ClO. The standard InChI is InChI=1S/C17H19ClO/c1-12-7-8-13(2)16(9-12)11-19-17-14(3)5-4-6-15(17)10-18/h4-9H,10-11H2,1-3H3. The number of halogens is 1. The van der Waals surface area contributed by atoms with E-state index in [4.69, 9.17) is 16.3 Å². The summed E-state index contributed by atoms with van der Waals surface area (Å²) in [4.78, 5) is 0. The van der Waals surface area contributed by atoms with Crippen LogP contribution in [0.25, 0.3) is 0 Å². The molecule has 0 saturated carbocycles. The van der Waals surface area contributed by atoms with Crippen molar-refractivity contribution in [2.24, 2.45) is 0 Å². The van der Waals surface area contributed by atoms with Crippen LogP contribution < -0.4 is 4.74 Å². The quantitative estimate of drug-likeness (QED) is 0.719. The monoisotopic (exact) mass is 274 g/mol. The van der Waals surface area contributed by atoms with Crippen molar-refractivity contribution in [2.75, 3.05) is 0 Å². The van der Waals surface area contributed by atoms with E-state index in [0.29, 0.717) is 12.5 Å². The molecule has 0 aliphatic rings. The molecule has 0 aliphatic carbocycles. The molecule has 2 rings (SSSR count). The van der Waals surface area contributed by atoms with Gasteiger partial charge in [-0.1, -0.05) is 42.0 Å². The lowest BCUT2D eigenvalue weighted by Gasteiger charge is -2.14. The maximum atomic E-state index is 6.00. The van der Waals surface area contributed by atoms with E-state index in [1.54, 1.807) is 0 Å². The molecule has 2 heteroatoms. The van der Waals surface area contributed by atoms with Crippen molar-refractivity contribution < 1.29 is 4.74 Å². The van der Waals surface area contributed by atoms with Crippen LogP contribution in [0.5, 0.6) is 5.75 Å². The topological polar surface area (TPSA) is 9.23 Å². The van der Waals surface area contributed by atoms with Gasteiger partial charge in [0.2, 0.25) is 0 Å². The van der Waals surface area contributed by atoms with E-state index >= 15 is 0 Å². The normalized spacial score (nSPS) is 10.5. The Labute approximate surface area is 120 Å². The molecule has 0 aromatic heterocycles. The second kappa shape index (κ2) is 6.12. The van der Waals surface area contributed by atoms with Crippen LogP contribution in [0.4, 0.5) is 0 Å². The van der Waals surface area contributed by atoms with Crippen LogP contribution in [-0.2, 0) is 12.5 Å². The number of ether oxygens (including phenoxy) is 1. The molecule has 2 aromatic carbocycles. The second-order valence-electron chi connectivity index (χ2n) is 4.92. The Morgan fingerprint density at radius 2 is 1.74 bits per heavy atom. The average Bonchev–Trinajstić information content (AvgIpc) is 2.40. The van der Waals surface area contributed by atoms with Gasteiger partial charge in [0.15, 0.2) is 0 Å². The van der Waals surface area contributed by atoms with Crippen molar-refractivity contribution in [2.45, 2.75) is 33.3 Å². The molecular weight excluding hydrogens is 256 g/mol. The van der Waals surface area contributed by atoms with Crippen molar-refractivity contribution >= 4 is 11.6 Å². The van der Waals surface area contributed by atoms with Crippen LogP contribution in [0, 0.1) is 20.8 Å². The van der Waals surface area contributed by atoms with Crippen LogP contribution in [0.1, 0.15) is 27.8 Å². The fourth-order valence-electron chi connectivity index (χ4n) is 2.13. The molecule has 0 heterocycles. The Morgan fingerprint density at radius 1 is 0.947 bits per heavy atom. The highest BCUT2D eigenvalue weighted by Gasteiger charge is 2.07. The molecule has 0 aliphatic heterocycles. The Kier molecular flexibility index (Phi) is 4.49. The van der Waals surface area contributed by atoms with Gasteiger partial charge in [-0.25, -0.2) is 0 Å². The highest BCUT2D eigenvalue weighted by molar-refractivity contribution is 6.17. The number of aryl methyl sites for hydroxylation is 3. The minimum Gasteiger partial charge on any atom is -0.488 e. The lowest BCUT2D eigenvalue weighted by Crippen LogP contribution is -2.01. The first-order chi connectivity index (χ1) is 9.11. The van der Waals surface area contributed by atoms with Gasteiger partial charge in [0.25, 0.3) is 0 Å². The lowest BCUT2D eigenvalue weighted by molar-refractivity contribution is 0.301. The third-order valence-corrected chi connectivity index (χ3v) is 3.60. The van der Waals surface area contributed by atoms with Gasteiger partial charge in [-0.15, -0.1) is 11.6 Å². The van der Waals surface area contributed by atoms with E-state index in [0.717, 1.165) is 16.9 Å². The van der Waals surface area contributed by atoms with E-state index in [1.165, 1.54) is 16.7 Å². The molecule has 0 bridgehead atoms. The van der Waals surface area contributed by atoms with Gasteiger partial charge in [0, 0.05) is 5.56 Å². The summed E-state index contributed by atoms with van der Waals surface area (Å²) in [5.74, 6) is 1.39. The number of rotatable bonds is 4. The Balaban J connectivity index is 2.21. The Hall–Kier alpha value is -1.47. The van der Waals surface area contributed by atoms with Crippen molar-refractivity contribution in [1.82, 2.24) is 0 Å². The van der Waals surface area contributed by atoms with Crippen LogP contribution in [-0.4, -0.2) is 0 Å². The summed E-state index contributed by atoms with van der Waals surface area (Å²) < 4.78 is 6.00. The lowest BCUT2D eigenvalue weighted by atomic mass is 10.1. The number of para-hydroxylation sites is 1. The van der Waals surface area contributed by atoms with Crippen molar-refractivity contribution in [3.05, 3.63) is 64.2 Å². The van der Waals surface area contributed by atoms with Gasteiger partial charge in [0.05, 0.1) is 5.88 Å². The summed E-state index contributed by atoms with van der Waals surface area (Å²) in [6.07, 6.45) is 0. The second-order valence-corrected chi connectivity index (χ2v) is 5.18. The number of alkyl halides is 1. The Morgan fingerprint density at radius 3 is 2.47 bits per heavy atom. The zero-order valence-electron chi connectivity index (χ0n) is 11.7. The van der Waals surface area contributed by atoms with Crippen LogP contribution in [0.2, 0.25) is 0 Å². The average molecular weight is 275 g/mol. The molecule has 0 saturated heterocycles. The highest BCUT2D eigenvalue weighted by Crippen LogP contribution is 2.26. The van der Waals surface area contributed by atoms with Crippen LogP contribution >= 0.6 is 11.6 Å². The first-order valence-corrected chi connectivity index (χ1v) is 6.98. The van der Waals surface area contributed by atoms with Crippen molar-refractivity contribution in [3.63, 3.8) is 0 Å².